The number of hydrogen-bond donors (Lipinski definition) is 2. The fourth-order valence-electron chi connectivity index (χ4n) is 3.29. The molecule has 1 aromatic carbocycles. The number of anilines is 1. The Hall–Kier alpha value is -2.88. The summed E-state index contributed by atoms with van der Waals surface area (Å²) in [6.07, 6.45) is 2.11. The molecule has 0 radical (unpaired) electrons. The van der Waals surface area contributed by atoms with Gasteiger partial charge in [-0.25, -0.2) is 13.8 Å². The van der Waals surface area contributed by atoms with Crippen molar-refractivity contribution < 1.29 is 17.9 Å². The topological polar surface area (TPSA) is 115 Å². The summed E-state index contributed by atoms with van der Waals surface area (Å²) in [4.78, 5) is 12.0. The predicted octanol–water partition coefficient (Wildman–Crippen LogP) is 1.43. The van der Waals surface area contributed by atoms with Crippen LogP contribution in [0.1, 0.15) is 29.4 Å². The van der Waals surface area contributed by atoms with Crippen molar-refractivity contribution in [1.29, 1.82) is 0 Å². The summed E-state index contributed by atoms with van der Waals surface area (Å²) in [6, 6.07) is 7.09. The van der Waals surface area contributed by atoms with Gasteiger partial charge in [-0.2, -0.15) is 10.2 Å². The number of hydrogen-bond acceptors (Lipinski definition) is 7. The van der Waals surface area contributed by atoms with Crippen LogP contribution in [0.3, 0.4) is 0 Å². The van der Waals surface area contributed by atoms with Crippen molar-refractivity contribution in [2.24, 2.45) is 5.10 Å². The Morgan fingerprint density at radius 1 is 1.34 bits per heavy atom. The second-order valence-electron chi connectivity index (χ2n) is 6.96. The van der Waals surface area contributed by atoms with Crippen molar-refractivity contribution in [3.05, 3.63) is 41.2 Å². The number of sulfone groups is 1. The molecule has 1 amide bonds. The molecule has 1 saturated heterocycles. The summed E-state index contributed by atoms with van der Waals surface area (Å²) in [5, 5.41) is 11.5. The molecular weight excluding hydrogens is 394 g/mol. The second-order valence-corrected chi connectivity index (χ2v) is 9.19. The van der Waals surface area contributed by atoms with Crippen LogP contribution in [-0.4, -0.2) is 55.5 Å². The third kappa shape index (κ3) is 5.14. The van der Waals surface area contributed by atoms with Gasteiger partial charge in [-0.05, 0) is 44.5 Å². The maximum atomic E-state index is 12.0. The van der Waals surface area contributed by atoms with Crippen molar-refractivity contribution in [3.8, 4) is 5.75 Å². The summed E-state index contributed by atoms with van der Waals surface area (Å²) in [6.45, 7) is 3.78. The fourth-order valence-corrected chi connectivity index (χ4v) is 4.98. The number of nitrogens with zero attached hydrogens (tertiary/aromatic N) is 3. The summed E-state index contributed by atoms with van der Waals surface area (Å²) < 4.78 is 30.3. The third-order valence-electron chi connectivity index (χ3n) is 4.86. The number of benzene rings is 1. The molecule has 29 heavy (non-hydrogen) atoms. The van der Waals surface area contributed by atoms with Gasteiger partial charge in [0.2, 0.25) is 0 Å². The summed E-state index contributed by atoms with van der Waals surface area (Å²) in [5.74, 6) is 0.753. The van der Waals surface area contributed by atoms with Gasteiger partial charge in [0.05, 0.1) is 43.1 Å². The van der Waals surface area contributed by atoms with E-state index in [9.17, 15) is 13.2 Å². The number of methoxy groups -OCH3 is 1. The van der Waals surface area contributed by atoms with Gasteiger partial charge in [0, 0.05) is 16.9 Å². The molecule has 0 saturated carbocycles. The van der Waals surface area contributed by atoms with E-state index in [1.165, 1.54) is 0 Å². The SMILES string of the molecule is COc1ccc(NCC(=O)N/N=C\c2c(C)nn([C@@H]3CCS(=O)(=O)C3)c2C)cc1. The molecule has 9 nitrogen and oxygen atoms in total. The average Bonchev–Trinajstić information content (AvgIpc) is 3.19. The van der Waals surface area contributed by atoms with E-state index in [1.54, 1.807) is 30.1 Å². The number of aromatic nitrogens is 2. The van der Waals surface area contributed by atoms with Crippen LogP contribution in [0.15, 0.2) is 29.4 Å². The van der Waals surface area contributed by atoms with E-state index in [0.29, 0.717) is 6.42 Å². The summed E-state index contributed by atoms with van der Waals surface area (Å²) in [7, 11) is -1.40. The van der Waals surface area contributed by atoms with Gasteiger partial charge in [0.15, 0.2) is 9.84 Å². The fraction of sp³-hybridized carbons (Fsp3) is 0.421. The van der Waals surface area contributed by atoms with Crippen LogP contribution < -0.4 is 15.5 Å². The van der Waals surface area contributed by atoms with E-state index in [-0.39, 0.29) is 30.0 Å². The first kappa shape index (κ1) is 20.8. The first-order valence-corrected chi connectivity index (χ1v) is 11.1. The number of carbonyl (C=O) groups is 1. The zero-order valence-electron chi connectivity index (χ0n) is 16.7. The molecule has 1 fully saturated rings. The summed E-state index contributed by atoms with van der Waals surface area (Å²) in [5.41, 5.74) is 5.62. The van der Waals surface area contributed by atoms with Crippen molar-refractivity contribution in [2.45, 2.75) is 26.3 Å². The van der Waals surface area contributed by atoms with Gasteiger partial charge in [-0.3, -0.25) is 9.48 Å². The minimum absolute atomic E-state index is 0.0703. The van der Waals surface area contributed by atoms with E-state index in [4.69, 9.17) is 4.74 Å². The molecule has 3 rings (SSSR count). The largest absolute Gasteiger partial charge is 0.497 e. The predicted molar refractivity (Wildman–Crippen MR) is 111 cm³/mol. The lowest BCUT2D eigenvalue weighted by Gasteiger charge is -2.10. The lowest BCUT2D eigenvalue weighted by molar-refractivity contribution is -0.119. The standard InChI is InChI=1S/C19H25N5O4S/c1-13-18(14(2)24(23-13)16-8-9-29(26,27)12-16)10-21-22-19(25)11-20-15-4-6-17(28-3)7-5-15/h4-7,10,16,20H,8-9,11-12H2,1-3H3,(H,22,25)/b21-10-/t16-/m1/s1. The maximum Gasteiger partial charge on any atom is 0.259 e. The van der Waals surface area contributed by atoms with Gasteiger partial charge in [-0.1, -0.05) is 0 Å². The lowest BCUT2D eigenvalue weighted by Crippen LogP contribution is -2.25. The maximum absolute atomic E-state index is 12.0. The molecule has 1 aromatic heterocycles. The van der Waals surface area contributed by atoms with Crippen molar-refractivity contribution >= 4 is 27.6 Å². The highest BCUT2D eigenvalue weighted by Gasteiger charge is 2.31. The van der Waals surface area contributed by atoms with E-state index in [0.717, 1.165) is 28.4 Å². The number of amides is 1. The lowest BCUT2D eigenvalue weighted by atomic mass is 10.2. The number of rotatable bonds is 7. The molecule has 2 heterocycles. The van der Waals surface area contributed by atoms with E-state index in [1.807, 2.05) is 26.0 Å². The van der Waals surface area contributed by atoms with Crippen molar-refractivity contribution in [1.82, 2.24) is 15.2 Å². The second kappa shape index (κ2) is 8.64. The van der Waals surface area contributed by atoms with Crippen LogP contribution in [0.4, 0.5) is 5.69 Å². The Bertz CT molecular complexity index is 1010. The Labute approximate surface area is 170 Å². The Morgan fingerprint density at radius 3 is 2.69 bits per heavy atom. The highest BCUT2D eigenvalue weighted by atomic mass is 32.2. The molecule has 2 N–H and O–H groups in total. The molecular formula is C19H25N5O4S. The molecule has 1 aliphatic rings. The van der Waals surface area contributed by atoms with Gasteiger partial charge >= 0.3 is 0 Å². The van der Waals surface area contributed by atoms with Crippen LogP contribution in [0.2, 0.25) is 0 Å². The zero-order chi connectivity index (χ0) is 21.0. The third-order valence-corrected chi connectivity index (χ3v) is 6.61. The number of aryl methyl sites for hydroxylation is 1. The molecule has 1 aliphatic heterocycles. The monoisotopic (exact) mass is 419 g/mol. The number of carbonyl (C=O) groups excluding carboxylic acids is 1. The quantitative estimate of drug-likeness (QED) is 0.518. The smallest absolute Gasteiger partial charge is 0.259 e. The number of nitrogens with one attached hydrogen (secondary N) is 2. The van der Waals surface area contributed by atoms with Gasteiger partial charge in [0.1, 0.15) is 5.75 Å². The minimum atomic E-state index is -2.99. The Kier molecular flexibility index (Phi) is 6.21. The Morgan fingerprint density at radius 2 is 2.07 bits per heavy atom. The van der Waals surface area contributed by atoms with Crippen molar-refractivity contribution in [3.63, 3.8) is 0 Å². The molecule has 10 heteroatoms. The molecule has 156 valence electrons. The van der Waals surface area contributed by atoms with Crippen LogP contribution in [0, 0.1) is 13.8 Å². The van der Waals surface area contributed by atoms with Gasteiger partial charge in [-0.15, -0.1) is 0 Å². The minimum Gasteiger partial charge on any atom is -0.497 e. The molecule has 0 aliphatic carbocycles. The average molecular weight is 420 g/mol. The van der Waals surface area contributed by atoms with E-state index >= 15 is 0 Å². The van der Waals surface area contributed by atoms with Crippen LogP contribution in [-0.2, 0) is 14.6 Å². The summed E-state index contributed by atoms with van der Waals surface area (Å²) >= 11 is 0. The van der Waals surface area contributed by atoms with E-state index < -0.39 is 9.84 Å². The number of ether oxygens (including phenoxy) is 1. The molecule has 1 atom stereocenters. The Balaban J connectivity index is 1.56. The first-order valence-electron chi connectivity index (χ1n) is 9.25. The molecule has 2 aromatic rings. The van der Waals surface area contributed by atoms with Gasteiger partial charge < -0.3 is 10.1 Å². The normalized spacial score (nSPS) is 18.1. The highest BCUT2D eigenvalue weighted by molar-refractivity contribution is 7.91. The molecule has 0 bridgehead atoms. The number of hydrazone groups is 1. The zero-order valence-corrected chi connectivity index (χ0v) is 17.5. The van der Waals surface area contributed by atoms with Gasteiger partial charge in [0.25, 0.3) is 5.91 Å². The molecule has 0 spiro atoms. The molecule has 0 unspecified atom stereocenters. The van der Waals surface area contributed by atoms with Crippen LogP contribution >= 0.6 is 0 Å². The van der Waals surface area contributed by atoms with Crippen LogP contribution in [0.25, 0.3) is 0 Å². The van der Waals surface area contributed by atoms with Crippen molar-refractivity contribution in [2.75, 3.05) is 30.5 Å². The van der Waals surface area contributed by atoms with Crippen LogP contribution in [0.5, 0.6) is 5.75 Å². The first-order chi connectivity index (χ1) is 13.8. The highest BCUT2D eigenvalue weighted by Crippen LogP contribution is 2.26. The van der Waals surface area contributed by atoms with E-state index in [2.05, 4.69) is 20.9 Å².